The molecule has 0 spiro atoms. The SMILES string of the molecule is COCCCN1CCC(c2cc3cccc(C(N)=O)c3o2)CC1.Cl. The molecule has 1 amide bonds. The number of carbonyl (C=O) groups is 1. The number of para-hydroxylation sites is 1. The Kier molecular flexibility index (Phi) is 6.66. The molecule has 0 unspecified atom stereocenters. The molecule has 0 aliphatic carbocycles. The average molecular weight is 353 g/mol. The summed E-state index contributed by atoms with van der Waals surface area (Å²) in [7, 11) is 1.74. The minimum absolute atomic E-state index is 0. The van der Waals surface area contributed by atoms with Gasteiger partial charge in [0.15, 0.2) is 0 Å². The fraction of sp³-hybridized carbons (Fsp3) is 0.500. The summed E-state index contributed by atoms with van der Waals surface area (Å²) in [5.74, 6) is 0.955. The number of methoxy groups -OCH3 is 1. The van der Waals surface area contributed by atoms with Crippen LogP contribution in [-0.2, 0) is 4.74 Å². The lowest BCUT2D eigenvalue weighted by molar-refractivity contribution is 0.100. The first-order valence-corrected chi connectivity index (χ1v) is 8.22. The van der Waals surface area contributed by atoms with E-state index < -0.39 is 5.91 Å². The van der Waals surface area contributed by atoms with Crippen molar-refractivity contribution in [3.8, 4) is 0 Å². The summed E-state index contributed by atoms with van der Waals surface area (Å²) in [6.45, 7) is 4.06. The van der Waals surface area contributed by atoms with Crippen LogP contribution in [0.5, 0.6) is 0 Å². The topological polar surface area (TPSA) is 68.7 Å². The lowest BCUT2D eigenvalue weighted by Gasteiger charge is -2.30. The van der Waals surface area contributed by atoms with Crippen molar-refractivity contribution in [2.75, 3.05) is 33.4 Å². The zero-order valence-electron chi connectivity index (χ0n) is 14.0. The van der Waals surface area contributed by atoms with Gasteiger partial charge in [0.2, 0.25) is 0 Å². The van der Waals surface area contributed by atoms with E-state index in [0.717, 1.165) is 56.7 Å². The molecule has 0 bridgehead atoms. The first-order chi connectivity index (χ1) is 11.2. The molecule has 6 heteroatoms. The number of likely N-dealkylation sites (tertiary alicyclic amines) is 1. The molecule has 2 N–H and O–H groups in total. The maximum absolute atomic E-state index is 11.5. The fourth-order valence-corrected chi connectivity index (χ4v) is 3.35. The number of ether oxygens (including phenoxy) is 1. The summed E-state index contributed by atoms with van der Waals surface area (Å²) in [4.78, 5) is 14.0. The van der Waals surface area contributed by atoms with Crippen molar-refractivity contribution in [3.05, 3.63) is 35.6 Å². The number of primary amides is 1. The monoisotopic (exact) mass is 352 g/mol. The second-order valence-corrected chi connectivity index (χ2v) is 6.20. The van der Waals surface area contributed by atoms with Crippen molar-refractivity contribution in [3.63, 3.8) is 0 Å². The van der Waals surface area contributed by atoms with Crippen LogP contribution in [0, 0.1) is 0 Å². The molecular formula is C18H25ClN2O3. The van der Waals surface area contributed by atoms with Gasteiger partial charge >= 0.3 is 0 Å². The van der Waals surface area contributed by atoms with E-state index in [1.165, 1.54) is 0 Å². The van der Waals surface area contributed by atoms with Crippen LogP contribution in [0.2, 0.25) is 0 Å². The Morgan fingerprint density at radius 3 is 2.79 bits per heavy atom. The number of nitrogens with zero attached hydrogens (tertiary/aromatic N) is 1. The molecule has 0 radical (unpaired) electrons. The molecule has 0 saturated carbocycles. The summed E-state index contributed by atoms with van der Waals surface area (Å²) >= 11 is 0. The third-order valence-electron chi connectivity index (χ3n) is 4.64. The van der Waals surface area contributed by atoms with E-state index in [0.29, 0.717) is 17.1 Å². The molecule has 5 nitrogen and oxygen atoms in total. The number of nitrogens with two attached hydrogens (primary N) is 1. The minimum atomic E-state index is -0.440. The highest BCUT2D eigenvalue weighted by atomic mass is 35.5. The van der Waals surface area contributed by atoms with Crippen LogP contribution in [-0.4, -0.2) is 44.2 Å². The molecule has 2 heterocycles. The lowest BCUT2D eigenvalue weighted by atomic mass is 9.94. The van der Waals surface area contributed by atoms with Gasteiger partial charge in [-0.15, -0.1) is 12.4 Å². The number of fused-ring (bicyclic) bond motifs is 1. The zero-order valence-corrected chi connectivity index (χ0v) is 14.8. The van der Waals surface area contributed by atoms with Crippen molar-refractivity contribution < 1.29 is 13.9 Å². The van der Waals surface area contributed by atoms with Crippen LogP contribution in [0.3, 0.4) is 0 Å². The smallest absolute Gasteiger partial charge is 0.252 e. The number of rotatable bonds is 6. The lowest BCUT2D eigenvalue weighted by Crippen LogP contribution is -2.34. The number of benzene rings is 1. The molecule has 132 valence electrons. The van der Waals surface area contributed by atoms with Gasteiger partial charge in [-0.2, -0.15) is 0 Å². The van der Waals surface area contributed by atoms with Crippen molar-refractivity contribution in [1.82, 2.24) is 4.90 Å². The Labute approximate surface area is 148 Å². The van der Waals surface area contributed by atoms with Gasteiger partial charge < -0.3 is 19.8 Å². The van der Waals surface area contributed by atoms with Crippen LogP contribution < -0.4 is 5.73 Å². The summed E-state index contributed by atoms with van der Waals surface area (Å²) in [5, 5.41) is 0.957. The summed E-state index contributed by atoms with van der Waals surface area (Å²) in [6.07, 6.45) is 3.24. The predicted octanol–water partition coefficient (Wildman–Crippen LogP) is 3.17. The van der Waals surface area contributed by atoms with Gasteiger partial charge in [-0.3, -0.25) is 4.79 Å². The number of hydrogen-bond acceptors (Lipinski definition) is 4. The molecule has 24 heavy (non-hydrogen) atoms. The Morgan fingerprint density at radius 1 is 1.38 bits per heavy atom. The second-order valence-electron chi connectivity index (χ2n) is 6.20. The van der Waals surface area contributed by atoms with Crippen LogP contribution in [0.4, 0.5) is 0 Å². The van der Waals surface area contributed by atoms with E-state index >= 15 is 0 Å². The summed E-state index contributed by atoms with van der Waals surface area (Å²) in [6, 6.07) is 7.60. The van der Waals surface area contributed by atoms with Gasteiger partial charge in [-0.1, -0.05) is 12.1 Å². The molecule has 0 atom stereocenters. The van der Waals surface area contributed by atoms with Gasteiger partial charge in [0.25, 0.3) is 5.91 Å². The van der Waals surface area contributed by atoms with E-state index in [2.05, 4.69) is 11.0 Å². The van der Waals surface area contributed by atoms with Gasteiger partial charge in [0, 0.05) is 31.6 Å². The Hall–Kier alpha value is -1.56. The number of halogens is 1. The normalized spacial score (nSPS) is 16.2. The van der Waals surface area contributed by atoms with E-state index in [1.54, 1.807) is 13.2 Å². The average Bonchev–Trinajstić information content (AvgIpc) is 2.99. The molecule has 1 aliphatic heterocycles. The van der Waals surface area contributed by atoms with Crippen molar-refractivity contribution >= 4 is 29.3 Å². The number of piperidine rings is 1. The standard InChI is InChI=1S/C18H24N2O3.ClH/c1-22-11-3-8-20-9-6-13(7-10-20)16-12-14-4-2-5-15(18(19)21)17(14)23-16;/h2,4-5,12-13H,3,6-11H2,1H3,(H2,19,21);1H. The van der Waals surface area contributed by atoms with E-state index in [4.69, 9.17) is 14.9 Å². The molecule has 2 aromatic rings. The Morgan fingerprint density at radius 2 is 2.12 bits per heavy atom. The highest BCUT2D eigenvalue weighted by Gasteiger charge is 2.24. The summed E-state index contributed by atoms with van der Waals surface area (Å²) in [5.41, 5.74) is 6.51. The molecule has 1 aromatic heterocycles. The first kappa shape index (κ1) is 18.8. The van der Waals surface area contributed by atoms with Crippen LogP contribution >= 0.6 is 12.4 Å². The van der Waals surface area contributed by atoms with Crippen molar-refractivity contribution in [2.45, 2.75) is 25.2 Å². The Bertz CT molecular complexity index is 678. The zero-order chi connectivity index (χ0) is 16.2. The molecule has 3 rings (SSSR count). The third-order valence-corrected chi connectivity index (χ3v) is 4.64. The van der Waals surface area contributed by atoms with Gasteiger partial charge in [0.1, 0.15) is 11.3 Å². The largest absolute Gasteiger partial charge is 0.460 e. The van der Waals surface area contributed by atoms with Gasteiger partial charge in [-0.05, 0) is 44.5 Å². The van der Waals surface area contributed by atoms with E-state index in [1.807, 2.05) is 12.1 Å². The number of amides is 1. The summed E-state index contributed by atoms with van der Waals surface area (Å²) < 4.78 is 11.1. The van der Waals surface area contributed by atoms with E-state index in [9.17, 15) is 4.79 Å². The number of carbonyl (C=O) groups excluding carboxylic acids is 1. The van der Waals surface area contributed by atoms with Gasteiger partial charge in [-0.25, -0.2) is 0 Å². The second kappa shape index (κ2) is 8.51. The van der Waals surface area contributed by atoms with E-state index in [-0.39, 0.29) is 12.4 Å². The fourth-order valence-electron chi connectivity index (χ4n) is 3.35. The maximum atomic E-state index is 11.5. The first-order valence-electron chi connectivity index (χ1n) is 8.22. The minimum Gasteiger partial charge on any atom is -0.460 e. The number of hydrogen-bond donors (Lipinski definition) is 1. The maximum Gasteiger partial charge on any atom is 0.252 e. The van der Waals surface area contributed by atoms with Crippen molar-refractivity contribution in [1.29, 1.82) is 0 Å². The van der Waals surface area contributed by atoms with Crippen LogP contribution in [0.25, 0.3) is 11.0 Å². The van der Waals surface area contributed by atoms with Gasteiger partial charge in [0.05, 0.1) is 5.56 Å². The Balaban J connectivity index is 0.00000208. The molecule has 1 fully saturated rings. The van der Waals surface area contributed by atoms with Crippen LogP contribution in [0.15, 0.2) is 28.7 Å². The molecule has 1 aromatic carbocycles. The highest BCUT2D eigenvalue weighted by Crippen LogP contribution is 2.33. The van der Waals surface area contributed by atoms with Crippen molar-refractivity contribution in [2.24, 2.45) is 5.73 Å². The highest BCUT2D eigenvalue weighted by molar-refractivity contribution is 6.04. The predicted molar refractivity (Wildman–Crippen MR) is 96.9 cm³/mol. The van der Waals surface area contributed by atoms with Crippen LogP contribution in [0.1, 0.15) is 41.3 Å². The molecular weight excluding hydrogens is 328 g/mol. The molecule has 1 saturated heterocycles. The third kappa shape index (κ3) is 4.09. The quantitative estimate of drug-likeness (QED) is 0.811. The number of furan rings is 1. The molecule has 1 aliphatic rings.